The lowest BCUT2D eigenvalue weighted by molar-refractivity contribution is 0.600. The van der Waals surface area contributed by atoms with Gasteiger partial charge in [-0.1, -0.05) is 18.2 Å². The first kappa shape index (κ1) is 12.2. The molecule has 0 saturated carbocycles. The fourth-order valence-electron chi connectivity index (χ4n) is 2.21. The topological polar surface area (TPSA) is 12.0 Å². The minimum absolute atomic E-state index is 0.0581. The maximum atomic E-state index is 13.7. The SMILES string of the molecule is CC(Nc1ccc2sccc2c1)c1ccccc1F. The Kier molecular flexibility index (Phi) is 3.22. The van der Waals surface area contributed by atoms with Crippen molar-refractivity contribution in [2.75, 3.05) is 5.32 Å². The first-order valence-corrected chi connectivity index (χ1v) is 7.10. The molecule has 1 atom stereocenters. The van der Waals surface area contributed by atoms with Gasteiger partial charge in [-0.15, -0.1) is 11.3 Å². The van der Waals surface area contributed by atoms with Crippen LogP contribution in [0.3, 0.4) is 0 Å². The van der Waals surface area contributed by atoms with E-state index in [1.165, 1.54) is 16.2 Å². The zero-order valence-electron chi connectivity index (χ0n) is 10.6. The van der Waals surface area contributed by atoms with E-state index < -0.39 is 0 Å². The van der Waals surface area contributed by atoms with Crippen LogP contribution in [0.15, 0.2) is 53.9 Å². The Morgan fingerprint density at radius 3 is 2.79 bits per heavy atom. The Morgan fingerprint density at radius 1 is 1.11 bits per heavy atom. The molecule has 0 fully saturated rings. The molecule has 0 aliphatic carbocycles. The molecule has 1 heterocycles. The summed E-state index contributed by atoms with van der Waals surface area (Å²) < 4.78 is 15.0. The molecule has 1 unspecified atom stereocenters. The highest BCUT2D eigenvalue weighted by atomic mass is 32.1. The third kappa shape index (κ3) is 2.47. The Balaban J connectivity index is 1.86. The summed E-state index contributed by atoms with van der Waals surface area (Å²) in [5.74, 6) is -0.167. The van der Waals surface area contributed by atoms with Crippen LogP contribution in [0, 0.1) is 5.82 Å². The summed E-state index contributed by atoms with van der Waals surface area (Å²) in [6.45, 7) is 1.97. The first-order valence-electron chi connectivity index (χ1n) is 6.22. The summed E-state index contributed by atoms with van der Waals surface area (Å²) in [7, 11) is 0. The molecule has 1 nitrogen and oxygen atoms in total. The smallest absolute Gasteiger partial charge is 0.128 e. The second-order valence-electron chi connectivity index (χ2n) is 4.56. The molecule has 3 heteroatoms. The van der Waals surface area contributed by atoms with E-state index in [0.717, 1.165) is 5.69 Å². The van der Waals surface area contributed by atoms with E-state index in [4.69, 9.17) is 0 Å². The molecule has 0 radical (unpaired) electrons. The molecule has 0 spiro atoms. The summed E-state index contributed by atoms with van der Waals surface area (Å²) in [4.78, 5) is 0. The summed E-state index contributed by atoms with van der Waals surface area (Å²) in [5.41, 5.74) is 1.70. The summed E-state index contributed by atoms with van der Waals surface area (Å²) >= 11 is 1.73. The molecule has 3 rings (SSSR count). The lowest BCUT2D eigenvalue weighted by atomic mass is 10.1. The van der Waals surface area contributed by atoms with Gasteiger partial charge in [0.05, 0.1) is 6.04 Å². The van der Waals surface area contributed by atoms with Crippen molar-refractivity contribution >= 4 is 27.1 Å². The lowest BCUT2D eigenvalue weighted by Gasteiger charge is -2.16. The normalized spacial score (nSPS) is 12.5. The third-order valence-corrected chi connectivity index (χ3v) is 4.11. The van der Waals surface area contributed by atoms with Crippen LogP contribution in [0.2, 0.25) is 0 Å². The first-order chi connectivity index (χ1) is 9.24. The third-order valence-electron chi connectivity index (χ3n) is 3.21. The fraction of sp³-hybridized carbons (Fsp3) is 0.125. The Morgan fingerprint density at radius 2 is 1.95 bits per heavy atom. The van der Waals surface area contributed by atoms with Gasteiger partial charge in [0, 0.05) is 16.0 Å². The van der Waals surface area contributed by atoms with Crippen molar-refractivity contribution in [1.29, 1.82) is 0 Å². The van der Waals surface area contributed by atoms with Gasteiger partial charge in [-0.25, -0.2) is 4.39 Å². The Bertz CT molecular complexity index is 705. The van der Waals surface area contributed by atoms with Crippen molar-refractivity contribution in [3.05, 3.63) is 65.3 Å². The number of fused-ring (bicyclic) bond motifs is 1. The number of anilines is 1. The van der Waals surface area contributed by atoms with E-state index in [2.05, 4.69) is 28.9 Å². The average Bonchev–Trinajstić information content (AvgIpc) is 2.86. The highest BCUT2D eigenvalue weighted by molar-refractivity contribution is 7.17. The molecule has 0 saturated heterocycles. The predicted molar refractivity (Wildman–Crippen MR) is 80.3 cm³/mol. The van der Waals surface area contributed by atoms with Crippen molar-refractivity contribution in [3.63, 3.8) is 0 Å². The highest BCUT2D eigenvalue weighted by Gasteiger charge is 2.10. The van der Waals surface area contributed by atoms with E-state index in [0.29, 0.717) is 5.56 Å². The van der Waals surface area contributed by atoms with Crippen molar-refractivity contribution in [1.82, 2.24) is 0 Å². The van der Waals surface area contributed by atoms with Gasteiger partial charge in [0.15, 0.2) is 0 Å². The fourth-order valence-corrected chi connectivity index (χ4v) is 2.98. The molecule has 1 N–H and O–H groups in total. The largest absolute Gasteiger partial charge is 0.378 e. The van der Waals surface area contributed by atoms with E-state index in [1.807, 2.05) is 25.1 Å². The zero-order valence-corrected chi connectivity index (χ0v) is 11.4. The minimum atomic E-state index is -0.167. The van der Waals surface area contributed by atoms with Crippen LogP contribution in [0.1, 0.15) is 18.5 Å². The Hall–Kier alpha value is -1.87. The minimum Gasteiger partial charge on any atom is -0.378 e. The van der Waals surface area contributed by atoms with Crippen LogP contribution >= 0.6 is 11.3 Å². The molecule has 0 amide bonds. The van der Waals surface area contributed by atoms with E-state index in [1.54, 1.807) is 17.4 Å². The second-order valence-corrected chi connectivity index (χ2v) is 5.51. The molecule has 0 aliphatic rings. The molecule has 0 bridgehead atoms. The van der Waals surface area contributed by atoms with Gasteiger partial charge < -0.3 is 5.32 Å². The molecule has 0 aliphatic heterocycles. The van der Waals surface area contributed by atoms with Crippen LogP contribution in [-0.2, 0) is 0 Å². The molecule has 2 aromatic carbocycles. The number of rotatable bonds is 3. The summed E-state index contributed by atoms with van der Waals surface area (Å²) in [6.07, 6.45) is 0. The zero-order chi connectivity index (χ0) is 13.2. The monoisotopic (exact) mass is 271 g/mol. The molecule has 1 aromatic heterocycles. The van der Waals surface area contributed by atoms with Gasteiger partial charge in [0.25, 0.3) is 0 Å². The number of benzene rings is 2. The molecule has 96 valence electrons. The molecule has 19 heavy (non-hydrogen) atoms. The van der Waals surface area contributed by atoms with Crippen LogP contribution in [-0.4, -0.2) is 0 Å². The van der Waals surface area contributed by atoms with Crippen molar-refractivity contribution in [2.24, 2.45) is 0 Å². The number of halogens is 1. The molecular weight excluding hydrogens is 257 g/mol. The van der Waals surface area contributed by atoms with Crippen LogP contribution in [0.4, 0.5) is 10.1 Å². The maximum Gasteiger partial charge on any atom is 0.128 e. The number of hydrogen-bond acceptors (Lipinski definition) is 2. The maximum absolute atomic E-state index is 13.7. The number of thiophene rings is 1. The lowest BCUT2D eigenvalue weighted by Crippen LogP contribution is -2.08. The van der Waals surface area contributed by atoms with E-state index in [9.17, 15) is 4.39 Å². The Labute approximate surface area is 115 Å². The van der Waals surface area contributed by atoms with Crippen molar-refractivity contribution < 1.29 is 4.39 Å². The van der Waals surface area contributed by atoms with Gasteiger partial charge in [-0.3, -0.25) is 0 Å². The summed E-state index contributed by atoms with van der Waals surface area (Å²) in [5, 5.41) is 6.64. The average molecular weight is 271 g/mol. The van der Waals surface area contributed by atoms with Crippen LogP contribution in [0.25, 0.3) is 10.1 Å². The van der Waals surface area contributed by atoms with Crippen molar-refractivity contribution in [3.8, 4) is 0 Å². The van der Waals surface area contributed by atoms with Gasteiger partial charge >= 0.3 is 0 Å². The quantitative estimate of drug-likeness (QED) is 0.689. The molecular formula is C16H14FNS. The summed E-state index contributed by atoms with van der Waals surface area (Å²) in [6, 6.07) is 15.2. The van der Waals surface area contributed by atoms with Crippen LogP contribution < -0.4 is 5.32 Å². The predicted octanol–water partition coefficient (Wildman–Crippen LogP) is 5.21. The number of nitrogens with one attached hydrogen (secondary N) is 1. The van der Waals surface area contributed by atoms with Gasteiger partial charge in [0.2, 0.25) is 0 Å². The van der Waals surface area contributed by atoms with Crippen molar-refractivity contribution in [2.45, 2.75) is 13.0 Å². The van der Waals surface area contributed by atoms with Crippen LogP contribution in [0.5, 0.6) is 0 Å². The van der Waals surface area contributed by atoms with E-state index in [-0.39, 0.29) is 11.9 Å². The van der Waals surface area contributed by atoms with Gasteiger partial charge in [-0.05, 0) is 48.0 Å². The van der Waals surface area contributed by atoms with Gasteiger partial charge in [0.1, 0.15) is 5.82 Å². The highest BCUT2D eigenvalue weighted by Crippen LogP contribution is 2.27. The number of hydrogen-bond donors (Lipinski definition) is 1. The standard InChI is InChI=1S/C16H14FNS/c1-11(14-4-2-3-5-15(14)17)18-13-6-7-16-12(10-13)8-9-19-16/h2-11,18H,1H3. The second kappa shape index (κ2) is 5.02. The van der Waals surface area contributed by atoms with E-state index >= 15 is 0 Å². The van der Waals surface area contributed by atoms with Gasteiger partial charge in [-0.2, -0.15) is 0 Å². The molecule has 3 aromatic rings.